The summed E-state index contributed by atoms with van der Waals surface area (Å²) in [5.41, 5.74) is 0.243. The first-order valence-electron chi connectivity index (χ1n) is 5.07. The van der Waals surface area contributed by atoms with Crippen LogP contribution in [0, 0.1) is 15.9 Å². The minimum atomic E-state index is -0.814. The molecule has 0 saturated heterocycles. The number of nitro benzene ring substituents is 1. The molecular weight excluding hydrogens is 255 g/mol. The predicted octanol–water partition coefficient (Wildman–Crippen LogP) is 3.25. The molecule has 0 aliphatic heterocycles. The summed E-state index contributed by atoms with van der Waals surface area (Å²) in [5.74, 6) is -1.41. The van der Waals surface area contributed by atoms with E-state index >= 15 is 0 Å². The summed E-state index contributed by atoms with van der Waals surface area (Å²) in [7, 11) is 0. The molecule has 1 heterocycles. The van der Waals surface area contributed by atoms with Crippen LogP contribution in [0.1, 0.15) is 0 Å². The maximum atomic E-state index is 13.3. The van der Waals surface area contributed by atoms with E-state index in [-0.39, 0.29) is 17.3 Å². The maximum Gasteiger partial charge on any atom is 0.269 e. The molecule has 7 nitrogen and oxygen atoms in total. The third kappa shape index (κ3) is 3.06. The van der Waals surface area contributed by atoms with Gasteiger partial charge in [0, 0.05) is 18.2 Å². The molecular formula is C11H7FN4O3. The minimum Gasteiger partial charge on any atom is -0.506 e. The Balaban J connectivity index is 2.20. The summed E-state index contributed by atoms with van der Waals surface area (Å²) in [6, 6.07) is 6.13. The normalized spacial score (nSPS) is 10.8. The van der Waals surface area contributed by atoms with Crippen molar-refractivity contribution in [1.82, 2.24) is 4.98 Å². The molecule has 0 unspecified atom stereocenters. The zero-order valence-electron chi connectivity index (χ0n) is 9.39. The Labute approximate surface area is 106 Å². The van der Waals surface area contributed by atoms with Gasteiger partial charge in [-0.1, -0.05) is 0 Å². The van der Waals surface area contributed by atoms with Gasteiger partial charge in [0.1, 0.15) is 5.75 Å². The van der Waals surface area contributed by atoms with E-state index in [4.69, 9.17) is 5.11 Å². The van der Waals surface area contributed by atoms with Gasteiger partial charge in [0.05, 0.1) is 16.8 Å². The van der Waals surface area contributed by atoms with Crippen LogP contribution in [0.4, 0.5) is 21.6 Å². The quantitative estimate of drug-likeness (QED) is 0.521. The molecule has 19 heavy (non-hydrogen) atoms. The molecule has 0 atom stereocenters. The maximum absolute atomic E-state index is 13.3. The number of azo groups is 1. The van der Waals surface area contributed by atoms with Crippen molar-refractivity contribution >= 4 is 17.2 Å². The predicted molar refractivity (Wildman–Crippen MR) is 63.1 cm³/mol. The van der Waals surface area contributed by atoms with Crippen molar-refractivity contribution in [3.63, 3.8) is 0 Å². The molecule has 8 heteroatoms. The van der Waals surface area contributed by atoms with Gasteiger partial charge in [0.25, 0.3) is 5.69 Å². The molecule has 0 amide bonds. The van der Waals surface area contributed by atoms with Gasteiger partial charge in [-0.05, 0) is 12.1 Å². The lowest BCUT2D eigenvalue weighted by Crippen LogP contribution is -1.85. The first-order valence-corrected chi connectivity index (χ1v) is 5.07. The Morgan fingerprint density at radius 3 is 2.53 bits per heavy atom. The molecule has 1 aromatic carbocycles. The summed E-state index contributed by atoms with van der Waals surface area (Å²) < 4.78 is 13.3. The number of pyridine rings is 1. The molecule has 0 aliphatic carbocycles. The molecule has 0 bridgehead atoms. The monoisotopic (exact) mass is 262 g/mol. The minimum absolute atomic E-state index is 0.0760. The fraction of sp³-hybridized carbons (Fsp3) is 0. The highest BCUT2D eigenvalue weighted by Gasteiger charge is 2.05. The average Bonchev–Trinajstić information content (AvgIpc) is 2.38. The second-order valence-electron chi connectivity index (χ2n) is 3.47. The highest BCUT2D eigenvalue weighted by atomic mass is 19.1. The van der Waals surface area contributed by atoms with Crippen LogP contribution in [0.2, 0.25) is 0 Å². The van der Waals surface area contributed by atoms with Gasteiger partial charge < -0.3 is 5.11 Å². The number of non-ortho nitro benzene ring substituents is 1. The number of hydrogen-bond donors (Lipinski definition) is 1. The van der Waals surface area contributed by atoms with Crippen LogP contribution in [0.3, 0.4) is 0 Å². The van der Waals surface area contributed by atoms with Gasteiger partial charge in [-0.3, -0.25) is 10.1 Å². The molecule has 0 radical (unpaired) electrons. The summed E-state index contributed by atoms with van der Waals surface area (Å²) in [6.07, 6.45) is 1.03. The lowest BCUT2D eigenvalue weighted by atomic mass is 10.3. The fourth-order valence-corrected chi connectivity index (χ4v) is 1.24. The topological polar surface area (TPSA) is 101 Å². The Morgan fingerprint density at radius 2 is 1.95 bits per heavy atom. The largest absolute Gasteiger partial charge is 0.506 e. The molecule has 2 aromatic rings. The third-order valence-electron chi connectivity index (χ3n) is 2.13. The smallest absolute Gasteiger partial charge is 0.269 e. The first kappa shape index (κ1) is 12.6. The van der Waals surface area contributed by atoms with Crippen LogP contribution in [-0.2, 0) is 0 Å². The van der Waals surface area contributed by atoms with Crippen LogP contribution in [0.5, 0.6) is 5.75 Å². The van der Waals surface area contributed by atoms with E-state index in [2.05, 4.69) is 15.2 Å². The zero-order valence-corrected chi connectivity index (χ0v) is 9.39. The molecule has 0 aliphatic rings. The van der Waals surface area contributed by atoms with Crippen molar-refractivity contribution in [3.8, 4) is 5.75 Å². The van der Waals surface area contributed by atoms with Gasteiger partial charge >= 0.3 is 0 Å². The van der Waals surface area contributed by atoms with Crippen LogP contribution >= 0.6 is 0 Å². The molecule has 1 N–H and O–H groups in total. The Morgan fingerprint density at radius 1 is 1.26 bits per heavy atom. The molecule has 2 rings (SSSR count). The summed E-state index contributed by atoms with van der Waals surface area (Å²) in [6.45, 7) is 0. The summed E-state index contributed by atoms with van der Waals surface area (Å²) in [4.78, 5) is 13.4. The summed E-state index contributed by atoms with van der Waals surface area (Å²) >= 11 is 0. The highest BCUT2D eigenvalue weighted by Crippen LogP contribution is 2.23. The van der Waals surface area contributed by atoms with Gasteiger partial charge in [-0.25, -0.2) is 9.37 Å². The molecule has 1 aromatic heterocycles. The molecule has 0 fully saturated rings. The van der Waals surface area contributed by atoms with Crippen LogP contribution in [0.15, 0.2) is 46.8 Å². The van der Waals surface area contributed by atoms with Crippen molar-refractivity contribution in [1.29, 1.82) is 0 Å². The third-order valence-corrected chi connectivity index (χ3v) is 2.13. The van der Waals surface area contributed by atoms with Crippen LogP contribution in [-0.4, -0.2) is 15.0 Å². The number of nitro groups is 1. The lowest BCUT2D eigenvalue weighted by molar-refractivity contribution is -0.384. The number of halogens is 1. The van der Waals surface area contributed by atoms with E-state index < -0.39 is 10.7 Å². The molecule has 0 spiro atoms. The first-order chi connectivity index (χ1) is 9.06. The van der Waals surface area contributed by atoms with Crippen molar-refractivity contribution in [3.05, 3.63) is 52.5 Å². The standard InChI is InChI=1S/C11H7FN4O3/c12-10-5-9(17)6-13-11(10)15-14-7-1-3-8(4-2-7)16(18)19/h1-6,17H/b15-14+. The Bertz CT molecular complexity index is 643. The fourth-order valence-electron chi connectivity index (χ4n) is 1.24. The van der Waals surface area contributed by atoms with Crippen molar-refractivity contribution in [2.75, 3.05) is 0 Å². The lowest BCUT2D eigenvalue weighted by Gasteiger charge is -1.96. The molecule has 0 saturated carbocycles. The molecule has 96 valence electrons. The van der Waals surface area contributed by atoms with Gasteiger partial charge in [0.2, 0.25) is 5.82 Å². The van der Waals surface area contributed by atoms with Crippen LogP contribution in [0.25, 0.3) is 0 Å². The second kappa shape index (κ2) is 5.17. The SMILES string of the molecule is O=[N+]([O-])c1ccc(/N=N/c2ncc(O)cc2F)cc1. The van der Waals surface area contributed by atoms with E-state index in [1.54, 1.807) is 0 Å². The number of rotatable bonds is 3. The Hall–Kier alpha value is -2.90. The van der Waals surface area contributed by atoms with Crippen LogP contribution < -0.4 is 0 Å². The number of benzene rings is 1. The van der Waals surface area contributed by atoms with Gasteiger partial charge in [-0.15, -0.1) is 10.2 Å². The number of aromatic nitrogens is 1. The van der Waals surface area contributed by atoms with E-state index in [0.29, 0.717) is 5.69 Å². The van der Waals surface area contributed by atoms with Crippen molar-refractivity contribution in [2.24, 2.45) is 10.2 Å². The number of nitrogens with zero attached hydrogens (tertiary/aromatic N) is 4. The van der Waals surface area contributed by atoms with Gasteiger partial charge in [-0.2, -0.15) is 0 Å². The van der Waals surface area contributed by atoms with E-state index in [1.807, 2.05) is 0 Å². The Kier molecular flexibility index (Phi) is 3.42. The van der Waals surface area contributed by atoms with E-state index in [1.165, 1.54) is 24.3 Å². The summed E-state index contributed by atoms with van der Waals surface area (Å²) in [5, 5.41) is 26.6. The van der Waals surface area contributed by atoms with E-state index in [9.17, 15) is 14.5 Å². The second-order valence-corrected chi connectivity index (χ2v) is 3.47. The van der Waals surface area contributed by atoms with Crippen molar-refractivity contribution < 1.29 is 14.4 Å². The number of hydrogen-bond acceptors (Lipinski definition) is 6. The van der Waals surface area contributed by atoms with Gasteiger partial charge in [0.15, 0.2) is 5.82 Å². The average molecular weight is 262 g/mol. The van der Waals surface area contributed by atoms with E-state index in [0.717, 1.165) is 12.3 Å². The zero-order chi connectivity index (χ0) is 13.8. The highest BCUT2D eigenvalue weighted by molar-refractivity contribution is 5.44. The number of aromatic hydroxyl groups is 1. The van der Waals surface area contributed by atoms with Crippen molar-refractivity contribution in [2.45, 2.75) is 0 Å².